The lowest BCUT2D eigenvalue weighted by Crippen LogP contribution is -2.43. The van der Waals surface area contributed by atoms with Crippen LogP contribution in [-0.4, -0.2) is 68.0 Å². The molecule has 4 heterocycles. The van der Waals surface area contributed by atoms with Crippen LogP contribution >= 0.6 is 0 Å². The van der Waals surface area contributed by atoms with Crippen LogP contribution in [0.5, 0.6) is 0 Å². The van der Waals surface area contributed by atoms with Crippen LogP contribution in [0.15, 0.2) is 41.4 Å². The van der Waals surface area contributed by atoms with Crippen molar-refractivity contribution in [3.63, 3.8) is 0 Å². The zero-order chi connectivity index (χ0) is 32.6. The van der Waals surface area contributed by atoms with Crippen LogP contribution in [0.25, 0.3) is 11.0 Å². The summed E-state index contributed by atoms with van der Waals surface area (Å²) in [6.45, 7) is 12.6. The monoisotopic (exact) mass is 619 g/mol. The number of likely N-dealkylation sites (tertiary alicyclic amines) is 2. The van der Waals surface area contributed by atoms with Gasteiger partial charge in [0.25, 0.3) is 0 Å². The predicted octanol–water partition coefficient (Wildman–Crippen LogP) is 7.07. The summed E-state index contributed by atoms with van der Waals surface area (Å²) in [6.07, 6.45) is 3.72. The third kappa shape index (κ3) is 7.05. The lowest BCUT2D eigenvalue weighted by molar-refractivity contribution is 0.0216. The van der Waals surface area contributed by atoms with Gasteiger partial charge in [-0.3, -0.25) is 14.8 Å². The number of hydrogen-bond donors (Lipinski definition) is 1. The molecule has 2 saturated heterocycles. The highest BCUT2D eigenvalue weighted by molar-refractivity contribution is 5.99. The van der Waals surface area contributed by atoms with Gasteiger partial charge < -0.3 is 14.5 Å². The number of hydrogen-bond acceptors (Lipinski definition) is 6. The van der Waals surface area contributed by atoms with Gasteiger partial charge in [0.05, 0.1) is 28.8 Å². The molecule has 0 unspecified atom stereocenters. The fourth-order valence-electron chi connectivity index (χ4n) is 6.19. The number of benzene rings is 2. The van der Waals surface area contributed by atoms with E-state index in [9.17, 15) is 9.59 Å². The fourth-order valence-corrected chi connectivity index (χ4v) is 6.19. The van der Waals surface area contributed by atoms with Crippen LogP contribution in [0.1, 0.15) is 95.8 Å². The summed E-state index contributed by atoms with van der Waals surface area (Å²) in [5, 5.41) is 0. The van der Waals surface area contributed by atoms with Gasteiger partial charge in [0, 0.05) is 36.3 Å². The molecule has 3 aliphatic rings. The number of ether oxygens (including phenoxy) is 2. The highest BCUT2D eigenvalue weighted by Crippen LogP contribution is 2.34. The second-order valence-corrected chi connectivity index (χ2v) is 14.1. The van der Waals surface area contributed by atoms with E-state index in [1.165, 1.54) is 0 Å². The van der Waals surface area contributed by atoms with E-state index in [4.69, 9.17) is 19.5 Å². The van der Waals surface area contributed by atoms with Crippen molar-refractivity contribution in [2.45, 2.75) is 96.9 Å². The van der Waals surface area contributed by atoms with E-state index >= 15 is 0 Å². The molecule has 9 nitrogen and oxygen atoms in total. The molecule has 0 aliphatic carbocycles. The van der Waals surface area contributed by atoms with Crippen molar-refractivity contribution in [1.29, 1.82) is 0 Å². The molecular formula is C37H41N5O4. The number of aromatic amines is 1. The minimum Gasteiger partial charge on any atom is -0.444 e. The summed E-state index contributed by atoms with van der Waals surface area (Å²) in [7, 11) is 0. The van der Waals surface area contributed by atoms with E-state index in [-0.39, 0.29) is 24.3 Å². The van der Waals surface area contributed by atoms with E-state index in [1.807, 2.05) is 76.8 Å². The van der Waals surface area contributed by atoms with Gasteiger partial charge in [0.2, 0.25) is 0 Å². The summed E-state index contributed by atoms with van der Waals surface area (Å²) in [4.78, 5) is 42.2. The van der Waals surface area contributed by atoms with Crippen LogP contribution < -0.4 is 0 Å². The molecule has 0 saturated carbocycles. The number of rotatable bonds is 2. The van der Waals surface area contributed by atoms with Gasteiger partial charge in [-0.15, -0.1) is 0 Å². The topological polar surface area (TPSA) is 100 Å². The zero-order valence-electron chi connectivity index (χ0n) is 27.5. The molecule has 2 atom stereocenters. The maximum Gasteiger partial charge on any atom is 0.410 e. The highest BCUT2D eigenvalue weighted by Gasteiger charge is 2.37. The van der Waals surface area contributed by atoms with Crippen LogP contribution in [-0.2, 0) is 15.9 Å². The first kappa shape index (κ1) is 31.2. The molecule has 2 fully saturated rings. The summed E-state index contributed by atoms with van der Waals surface area (Å²) in [6, 6.07) is 11.7. The largest absolute Gasteiger partial charge is 0.444 e. The number of aliphatic imine (C=N–C) groups is 1. The molecular weight excluding hydrogens is 578 g/mol. The number of carbonyl (C=O) groups is 2. The first-order valence-corrected chi connectivity index (χ1v) is 16.0. The Hall–Kier alpha value is -4.76. The van der Waals surface area contributed by atoms with Crippen molar-refractivity contribution in [2.75, 3.05) is 13.1 Å². The molecule has 238 valence electrons. The number of nitrogens with zero attached hydrogens (tertiary/aromatic N) is 4. The van der Waals surface area contributed by atoms with Crippen LogP contribution in [0.4, 0.5) is 15.3 Å². The third-order valence-electron chi connectivity index (χ3n) is 8.16. The van der Waals surface area contributed by atoms with Gasteiger partial charge in [-0.1, -0.05) is 17.9 Å². The molecule has 1 aromatic heterocycles. The van der Waals surface area contributed by atoms with Crippen molar-refractivity contribution >= 4 is 34.6 Å². The first-order valence-electron chi connectivity index (χ1n) is 16.0. The van der Waals surface area contributed by atoms with Crippen molar-refractivity contribution in [3.05, 3.63) is 58.9 Å². The van der Waals surface area contributed by atoms with E-state index in [0.29, 0.717) is 13.1 Å². The number of nitrogens with one attached hydrogen (secondary N) is 1. The smallest absolute Gasteiger partial charge is 0.410 e. The Morgan fingerprint density at radius 2 is 1.41 bits per heavy atom. The summed E-state index contributed by atoms with van der Waals surface area (Å²) in [5.74, 6) is 13.0. The van der Waals surface area contributed by atoms with Crippen molar-refractivity contribution in [2.24, 2.45) is 4.99 Å². The summed E-state index contributed by atoms with van der Waals surface area (Å²) < 4.78 is 11.3. The Kier molecular flexibility index (Phi) is 8.29. The second-order valence-electron chi connectivity index (χ2n) is 14.1. The minimum atomic E-state index is -0.547. The Morgan fingerprint density at radius 3 is 2.07 bits per heavy atom. The first-order chi connectivity index (χ1) is 21.8. The normalized spacial score (nSPS) is 19.2. The molecule has 3 aromatic rings. The standard InChI is InChI=1S/C37H41N5O4/c1-36(2,3)45-34(43)41-19-9-13-31(41)30-23-26-17-15-24(21-28(26)38-30)11-7-8-12-25-16-18-27-29(22-25)40-33(39-27)32-14-10-20-42(32)35(44)46-37(4,5)6/h15-18,21-22,31-32H,9-10,13-14,19-20,23H2,1-6H3,(H,39,40)/t31-,32+/m1/s1. The molecule has 0 bridgehead atoms. The number of aromatic nitrogens is 2. The fraction of sp³-hybridized carbons (Fsp3) is 0.459. The molecule has 6 rings (SSSR count). The van der Waals surface area contributed by atoms with Crippen molar-refractivity contribution in [3.8, 4) is 23.7 Å². The third-order valence-corrected chi connectivity index (χ3v) is 8.16. The molecule has 2 aromatic carbocycles. The van der Waals surface area contributed by atoms with Gasteiger partial charge in [-0.05, 0) is 115 Å². The molecule has 2 amide bonds. The molecule has 0 spiro atoms. The van der Waals surface area contributed by atoms with E-state index < -0.39 is 11.2 Å². The maximum atomic E-state index is 12.8. The number of amides is 2. The lowest BCUT2D eigenvalue weighted by Gasteiger charge is -2.28. The molecule has 46 heavy (non-hydrogen) atoms. The lowest BCUT2D eigenvalue weighted by atomic mass is 10.0. The summed E-state index contributed by atoms with van der Waals surface area (Å²) in [5.41, 5.74) is 5.33. The van der Waals surface area contributed by atoms with E-state index in [0.717, 1.165) is 77.1 Å². The van der Waals surface area contributed by atoms with Gasteiger partial charge >= 0.3 is 12.2 Å². The SMILES string of the molecule is CC(C)(C)OC(=O)N1CCC[C@@H]1C1=Nc2cc(C#CC#Cc3ccc4nc([C@@H]5CCCN5C(=O)OC(C)(C)C)[nH]c4c3)ccc2C1. The average molecular weight is 620 g/mol. The quantitative estimate of drug-likeness (QED) is 0.310. The second kappa shape index (κ2) is 12.2. The van der Waals surface area contributed by atoms with E-state index in [1.54, 1.807) is 4.90 Å². The average Bonchev–Trinajstić information content (AvgIpc) is 3.77. The molecule has 9 heteroatoms. The zero-order valence-corrected chi connectivity index (χ0v) is 27.5. The predicted molar refractivity (Wildman–Crippen MR) is 178 cm³/mol. The molecule has 1 N–H and O–H groups in total. The number of carbonyl (C=O) groups excluding carboxylic acids is 2. The number of imidazole rings is 1. The Balaban J connectivity index is 1.12. The van der Waals surface area contributed by atoms with E-state index in [2.05, 4.69) is 34.7 Å². The van der Waals surface area contributed by atoms with Crippen LogP contribution in [0.3, 0.4) is 0 Å². The van der Waals surface area contributed by atoms with Crippen molar-refractivity contribution in [1.82, 2.24) is 19.8 Å². The Morgan fingerprint density at radius 1 is 0.826 bits per heavy atom. The van der Waals surface area contributed by atoms with Gasteiger partial charge in [-0.25, -0.2) is 14.6 Å². The molecule has 0 radical (unpaired) electrons. The van der Waals surface area contributed by atoms with Gasteiger partial charge in [-0.2, -0.15) is 0 Å². The maximum absolute atomic E-state index is 12.8. The van der Waals surface area contributed by atoms with Crippen LogP contribution in [0, 0.1) is 23.7 Å². The van der Waals surface area contributed by atoms with Crippen molar-refractivity contribution < 1.29 is 19.1 Å². The van der Waals surface area contributed by atoms with Gasteiger partial charge in [0.15, 0.2) is 0 Å². The highest BCUT2D eigenvalue weighted by atomic mass is 16.6. The Bertz CT molecular complexity index is 1840. The molecule has 3 aliphatic heterocycles. The Labute approximate surface area is 270 Å². The number of H-pyrrole nitrogens is 1. The number of fused-ring (bicyclic) bond motifs is 2. The van der Waals surface area contributed by atoms with Crippen LogP contribution in [0.2, 0.25) is 0 Å². The van der Waals surface area contributed by atoms with Gasteiger partial charge in [0.1, 0.15) is 17.0 Å². The minimum absolute atomic E-state index is 0.0342. The summed E-state index contributed by atoms with van der Waals surface area (Å²) >= 11 is 0.